The van der Waals surface area contributed by atoms with Gasteiger partial charge >= 0.3 is 0 Å². The van der Waals surface area contributed by atoms with Crippen molar-refractivity contribution < 1.29 is 4.79 Å². The number of nitrogens with one attached hydrogen (secondary N) is 1. The molecule has 7 nitrogen and oxygen atoms in total. The first-order valence-corrected chi connectivity index (χ1v) is 8.19. The van der Waals surface area contributed by atoms with Crippen LogP contribution in [-0.2, 0) is 12.8 Å². The predicted octanol–water partition coefficient (Wildman–Crippen LogP) is 0.614. The van der Waals surface area contributed by atoms with Crippen molar-refractivity contribution in [1.82, 2.24) is 20.1 Å². The van der Waals surface area contributed by atoms with Crippen LogP contribution in [0.15, 0.2) is 29.1 Å². The Kier molecular flexibility index (Phi) is 3.55. The molecule has 0 unspecified atom stereocenters. The van der Waals surface area contributed by atoms with E-state index in [0.717, 1.165) is 43.9 Å². The van der Waals surface area contributed by atoms with Crippen molar-refractivity contribution in [1.29, 1.82) is 0 Å². The lowest BCUT2D eigenvalue weighted by Crippen LogP contribution is -2.60. The van der Waals surface area contributed by atoms with E-state index in [9.17, 15) is 9.59 Å². The molecule has 2 aromatic rings. The molecule has 1 N–H and O–H groups in total. The summed E-state index contributed by atoms with van der Waals surface area (Å²) >= 11 is 0. The van der Waals surface area contributed by atoms with Gasteiger partial charge in [-0.2, -0.15) is 5.10 Å². The summed E-state index contributed by atoms with van der Waals surface area (Å²) in [6, 6.07) is 6.85. The summed E-state index contributed by atoms with van der Waals surface area (Å²) in [5.41, 5.74) is 2.48. The minimum absolute atomic E-state index is 0.108. The number of H-pyrrole nitrogens is 1. The number of nitrogens with zero attached hydrogens (tertiary/aromatic N) is 4. The van der Waals surface area contributed by atoms with E-state index in [1.165, 1.54) is 11.6 Å². The summed E-state index contributed by atoms with van der Waals surface area (Å²) in [6.45, 7) is 1.46. The van der Waals surface area contributed by atoms with E-state index in [2.05, 4.69) is 26.1 Å². The highest BCUT2D eigenvalue weighted by molar-refractivity contribution is 5.92. The number of hydrogen-bond donors (Lipinski definition) is 1. The lowest BCUT2D eigenvalue weighted by molar-refractivity contribution is 0.0698. The second-order valence-corrected chi connectivity index (χ2v) is 6.43. The molecule has 1 aliphatic heterocycles. The normalized spacial score (nSPS) is 16.6. The number of fused-ring (bicyclic) bond motifs is 1. The number of anilines is 1. The zero-order chi connectivity index (χ0) is 16.7. The molecule has 0 atom stereocenters. The van der Waals surface area contributed by atoms with Crippen LogP contribution in [0, 0.1) is 0 Å². The quantitative estimate of drug-likeness (QED) is 0.894. The molecule has 0 saturated carbocycles. The monoisotopic (exact) mass is 325 g/mol. The SMILES string of the molecule is CN(C(=O)c1cccc(=O)[nH]1)C1CN(c2cc3c(nn2)CCC3)C1. The van der Waals surface area contributed by atoms with Gasteiger partial charge in [0.2, 0.25) is 5.56 Å². The van der Waals surface area contributed by atoms with Gasteiger partial charge in [0.15, 0.2) is 5.82 Å². The van der Waals surface area contributed by atoms with Gasteiger partial charge in [-0.3, -0.25) is 9.59 Å². The first-order chi connectivity index (χ1) is 11.6. The molecule has 0 radical (unpaired) electrons. The Hall–Kier alpha value is -2.70. The summed E-state index contributed by atoms with van der Waals surface area (Å²) in [5, 5.41) is 8.62. The van der Waals surface area contributed by atoms with Gasteiger partial charge in [-0.25, -0.2) is 0 Å². The topological polar surface area (TPSA) is 82.2 Å². The van der Waals surface area contributed by atoms with Crippen molar-refractivity contribution >= 4 is 11.7 Å². The van der Waals surface area contributed by atoms with Crippen molar-refractivity contribution in [2.24, 2.45) is 0 Å². The minimum Gasteiger partial charge on any atom is -0.351 e. The van der Waals surface area contributed by atoms with Gasteiger partial charge in [0.05, 0.1) is 11.7 Å². The third-order valence-electron chi connectivity index (χ3n) is 4.86. The molecule has 1 fully saturated rings. The number of likely N-dealkylation sites (N-methyl/N-ethyl adjacent to an activating group) is 1. The van der Waals surface area contributed by atoms with E-state index in [-0.39, 0.29) is 17.5 Å². The van der Waals surface area contributed by atoms with Crippen molar-refractivity contribution in [2.45, 2.75) is 25.3 Å². The first kappa shape index (κ1) is 14.9. The lowest BCUT2D eigenvalue weighted by Gasteiger charge is -2.44. The Morgan fingerprint density at radius 1 is 1.29 bits per heavy atom. The van der Waals surface area contributed by atoms with Crippen LogP contribution in [-0.4, -0.2) is 52.2 Å². The highest BCUT2D eigenvalue weighted by Crippen LogP contribution is 2.26. The molecular formula is C17H19N5O2. The average Bonchev–Trinajstić information content (AvgIpc) is 3.00. The maximum Gasteiger partial charge on any atom is 0.270 e. The smallest absolute Gasteiger partial charge is 0.270 e. The summed E-state index contributed by atoms with van der Waals surface area (Å²) in [7, 11) is 1.77. The molecule has 4 rings (SSSR count). The molecule has 2 aliphatic rings. The number of hydrogen-bond acceptors (Lipinski definition) is 5. The Labute approximate surface area is 139 Å². The molecule has 1 amide bonds. The summed E-state index contributed by atoms with van der Waals surface area (Å²) < 4.78 is 0. The lowest BCUT2D eigenvalue weighted by atomic mass is 10.1. The van der Waals surface area contributed by atoms with E-state index >= 15 is 0 Å². The zero-order valence-electron chi connectivity index (χ0n) is 13.5. The van der Waals surface area contributed by atoms with Gasteiger partial charge < -0.3 is 14.8 Å². The van der Waals surface area contributed by atoms with Crippen LogP contribution in [0.25, 0.3) is 0 Å². The van der Waals surface area contributed by atoms with Crippen molar-refractivity contribution in [3.8, 4) is 0 Å². The van der Waals surface area contributed by atoms with Crippen LogP contribution < -0.4 is 10.5 Å². The number of amides is 1. The number of rotatable bonds is 3. The van der Waals surface area contributed by atoms with Gasteiger partial charge in [-0.1, -0.05) is 6.07 Å². The third kappa shape index (κ3) is 2.55. The molecule has 1 aliphatic carbocycles. The van der Waals surface area contributed by atoms with Crippen molar-refractivity contribution in [2.75, 3.05) is 25.0 Å². The molecule has 0 bridgehead atoms. The Morgan fingerprint density at radius 2 is 2.12 bits per heavy atom. The Bertz CT molecular complexity index is 841. The fourth-order valence-electron chi connectivity index (χ4n) is 3.29. The van der Waals surface area contributed by atoms with Crippen LogP contribution >= 0.6 is 0 Å². The van der Waals surface area contributed by atoms with E-state index in [1.54, 1.807) is 24.1 Å². The molecule has 2 aromatic heterocycles. The number of pyridine rings is 1. The van der Waals surface area contributed by atoms with Crippen LogP contribution in [0.2, 0.25) is 0 Å². The molecule has 0 aromatic carbocycles. The molecule has 24 heavy (non-hydrogen) atoms. The van der Waals surface area contributed by atoms with E-state index < -0.39 is 0 Å². The van der Waals surface area contributed by atoms with Crippen LogP contribution in [0.1, 0.15) is 28.2 Å². The molecule has 0 spiro atoms. The molecular weight excluding hydrogens is 306 g/mol. The van der Waals surface area contributed by atoms with Gasteiger partial charge in [0, 0.05) is 26.2 Å². The van der Waals surface area contributed by atoms with E-state index in [4.69, 9.17) is 0 Å². The second-order valence-electron chi connectivity index (χ2n) is 6.43. The van der Waals surface area contributed by atoms with Crippen LogP contribution in [0.5, 0.6) is 0 Å². The summed E-state index contributed by atoms with van der Waals surface area (Å²) in [4.78, 5) is 30.2. The predicted molar refractivity (Wildman–Crippen MR) is 89.2 cm³/mol. The zero-order valence-corrected chi connectivity index (χ0v) is 13.5. The van der Waals surface area contributed by atoms with Crippen LogP contribution in [0.3, 0.4) is 0 Å². The number of aryl methyl sites for hydroxylation is 2. The second kappa shape index (κ2) is 5.74. The van der Waals surface area contributed by atoms with Gasteiger partial charge in [0.25, 0.3) is 5.91 Å². The number of carbonyl (C=O) groups excluding carboxylic acids is 1. The Balaban J connectivity index is 1.41. The van der Waals surface area contributed by atoms with E-state index in [1.807, 2.05) is 0 Å². The molecule has 124 valence electrons. The first-order valence-electron chi connectivity index (χ1n) is 8.19. The van der Waals surface area contributed by atoms with E-state index in [0.29, 0.717) is 5.69 Å². The highest BCUT2D eigenvalue weighted by atomic mass is 16.2. The maximum atomic E-state index is 12.4. The largest absolute Gasteiger partial charge is 0.351 e. The van der Waals surface area contributed by atoms with Gasteiger partial charge in [0.1, 0.15) is 5.69 Å². The summed E-state index contributed by atoms with van der Waals surface area (Å²) in [6.07, 6.45) is 3.26. The third-order valence-corrected chi connectivity index (χ3v) is 4.86. The fraction of sp³-hybridized carbons (Fsp3) is 0.412. The van der Waals surface area contributed by atoms with Crippen molar-refractivity contribution in [3.05, 3.63) is 51.6 Å². The van der Waals surface area contributed by atoms with Crippen LogP contribution in [0.4, 0.5) is 5.82 Å². The van der Waals surface area contributed by atoms with Gasteiger partial charge in [-0.15, -0.1) is 5.10 Å². The molecule has 1 saturated heterocycles. The molecule has 7 heteroatoms. The average molecular weight is 325 g/mol. The number of carbonyl (C=O) groups is 1. The highest BCUT2D eigenvalue weighted by Gasteiger charge is 2.34. The standard InChI is InChI=1S/C17H19N5O2/c1-21(17(24)14-6-3-7-16(23)18-14)12-9-22(10-12)15-8-11-4-2-5-13(11)19-20-15/h3,6-8,12H,2,4-5,9-10H2,1H3,(H,18,23). The maximum absolute atomic E-state index is 12.4. The number of aromatic nitrogens is 3. The van der Waals surface area contributed by atoms with Gasteiger partial charge in [-0.05, 0) is 37.0 Å². The number of aromatic amines is 1. The fourth-order valence-corrected chi connectivity index (χ4v) is 3.29. The Morgan fingerprint density at radius 3 is 2.92 bits per heavy atom. The molecule has 3 heterocycles. The minimum atomic E-state index is -0.266. The van der Waals surface area contributed by atoms with Crippen molar-refractivity contribution in [3.63, 3.8) is 0 Å². The summed E-state index contributed by atoms with van der Waals surface area (Å²) in [5.74, 6) is 0.721.